The van der Waals surface area contributed by atoms with Gasteiger partial charge in [0.15, 0.2) is 5.82 Å². The van der Waals surface area contributed by atoms with Gasteiger partial charge in [-0.25, -0.2) is 9.79 Å². The number of nitrogens with one attached hydrogen (secondary N) is 2. The van der Waals surface area contributed by atoms with Gasteiger partial charge >= 0.3 is 12.0 Å². The van der Waals surface area contributed by atoms with Crippen molar-refractivity contribution in [3.05, 3.63) is 59.8 Å². The molecule has 3 aromatic rings. The summed E-state index contributed by atoms with van der Waals surface area (Å²) in [5.74, 6) is 1.05. The second kappa shape index (κ2) is 9.13. The highest BCUT2D eigenvalue weighted by molar-refractivity contribution is 6.36. The molecule has 0 radical (unpaired) electrons. The van der Waals surface area contributed by atoms with Gasteiger partial charge in [0.2, 0.25) is 0 Å². The molecule has 5 rings (SSSR count). The van der Waals surface area contributed by atoms with E-state index in [1.54, 1.807) is 24.3 Å². The van der Waals surface area contributed by atoms with Crippen LogP contribution in [0.25, 0.3) is 0 Å². The third kappa shape index (κ3) is 4.79. The average Bonchev–Trinajstić information content (AvgIpc) is 3.20. The van der Waals surface area contributed by atoms with E-state index in [1.165, 1.54) is 0 Å². The lowest BCUT2D eigenvalue weighted by molar-refractivity contribution is 0.122. The molecule has 2 aromatic carbocycles. The molecule has 3 heterocycles. The number of H-pyrrole nitrogens is 1. The maximum atomic E-state index is 11.1. The summed E-state index contributed by atoms with van der Waals surface area (Å²) in [6.45, 7) is 3.27. The van der Waals surface area contributed by atoms with E-state index in [9.17, 15) is 4.79 Å². The standard InChI is InChI=1S/C23H23ClN6O3/c24-18-13-19-21(29-23(27-19)33-17-3-1-2-15(12-17)26-22(25)31)28-20(18)14-4-6-16(7-5-14)30-8-10-32-11-9-30/h1-7,12,18H,8-11,13H2,(H,27,29)(H3,25,26,31). The molecule has 0 saturated carbocycles. The number of aliphatic imine (C=N–C) groups is 1. The summed E-state index contributed by atoms with van der Waals surface area (Å²) in [6, 6.07) is 14.8. The Morgan fingerprint density at radius 2 is 2.00 bits per heavy atom. The Morgan fingerprint density at radius 3 is 2.76 bits per heavy atom. The van der Waals surface area contributed by atoms with Crippen LogP contribution in [0.2, 0.25) is 0 Å². The Hall–Kier alpha value is -3.56. The van der Waals surface area contributed by atoms with Crippen LogP contribution in [0.5, 0.6) is 11.8 Å². The highest BCUT2D eigenvalue weighted by Gasteiger charge is 2.26. The molecular weight excluding hydrogens is 444 g/mol. The predicted molar refractivity (Wildman–Crippen MR) is 127 cm³/mol. The van der Waals surface area contributed by atoms with Crippen molar-refractivity contribution in [2.75, 3.05) is 36.5 Å². The molecule has 1 unspecified atom stereocenters. The second-order valence-electron chi connectivity index (χ2n) is 7.78. The number of aromatic amines is 1. The third-order valence-corrected chi connectivity index (χ3v) is 5.86. The summed E-state index contributed by atoms with van der Waals surface area (Å²) in [5.41, 5.74) is 9.41. The van der Waals surface area contributed by atoms with Crippen molar-refractivity contribution in [2.24, 2.45) is 10.7 Å². The molecule has 4 N–H and O–H groups in total. The second-order valence-corrected chi connectivity index (χ2v) is 8.31. The molecule has 33 heavy (non-hydrogen) atoms. The summed E-state index contributed by atoms with van der Waals surface area (Å²) in [7, 11) is 0. The smallest absolute Gasteiger partial charge is 0.316 e. The lowest BCUT2D eigenvalue weighted by atomic mass is 10.0. The molecule has 1 fully saturated rings. The van der Waals surface area contributed by atoms with Gasteiger partial charge in [-0.1, -0.05) is 18.2 Å². The minimum atomic E-state index is -0.645. The van der Waals surface area contributed by atoms with E-state index in [0.717, 1.165) is 49.0 Å². The normalized spacial score (nSPS) is 17.8. The van der Waals surface area contributed by atoms with Gasteiger partial charge in [0, 0.05) is 37.0 Å². The zero-order valence-electron chi connectivity index (χ0n) is 17.8. The number of ether oxygens (including phenoxy) is 2. The number of nitrogens with two attached hydrogens (primary N) is 1. The molecule has 2 aliphatic heterocycles. The van der Waals surface area contributed by atoms with Gasteiger partial charge in [-0.05, 0) is 29.8 Å². The fourth-order valence-electron chi connectivity index (χ4n) is 3.92. The van der Waals surface area contributed by atoms with Gasteiger partial charge in [0.05, 0.1) is 30.0 Å². The number of carbonyl (C=O) groups is 1. The first kappa shape index (κ1) is 21.3. The number of anilines is 2. The van der Waals surface area contributed by atoms with Crippen molar-refractivity contribution in [1.29, 1.82) is 0 Å². The van der Waals surface area contributed by atoms with Crippen molar-refractivity contribution in [1.82, 2.24) is 9.97 Å². The zero-order valence-corrected chi connectivity index (χ0v) is 18.5. The number of morpholine rings is 1. The molecule has 9 nitrogen and oxygen atoms in total. The molecular formula is C23H23ClN6O3. The number of carbonyl (C=O) groups excluding carboxylic acids is 1. The summed E-state index contributed by atoms with van der Waals surface area (Å²) in [6.07, 6.45) is 0.556. The molecule has 0 bridgehead atoms. The number of hydrogen-bond acceptors (Lipinski definition) is 6. The van der Waals surface area contributed by atoms with Crippen molar-refractivity contribution in [3.8, 4) is 11.8 Å². The maximum Gasteiger partial charge on any atom is 0.316 e. The van der Waals surface area contributed by atoms with E-state index in [0.29, 0.717) is 29.7 Å². The quantitative estimate of drug-likeness (QED) is 0.494. The number of halogens is 1. The third-order valence-electron chi connectivity index (χ3n) is 5.50. The summed E-state index contributed by atoms with van der Waals surface area (Å²) >= 11 is 6.67. The van der Waals surface area contributed by atoms with Gasteiger partial charge in [-0.15, -0.1) is 11.6 Å². The van der Waals surface area contributed by atoms with Crippen molar-refractivity contribution in [2.45, 2.75) is 11.8 Å². The van der Waals surface area contributed by atoms with Crippen molar-refractivity contribution in [3.63, 3.8) is 0 Å². The Labute approximate surface area is 195 Å². The van der Waals surface area contributed by atoms with Gasteiger partial charge in [-0.2, -0.15) is 4.98 Å². The van der Waals surface area contributed by atoms with Gasteiger partial charge in [0.1, 0.15) is 5.75 Å². The van der Waals surface area contributed by atoms with Crippen molar-refractivity contribution < 1.29 is 14.3 Å². The van der Waals surface area contributed by atoms with Crippen LogP contribution in [-0.2, 0) is 11.2 Å². The number of urea groups is 1. The number of rotatable bonds is 5. The van der Waals surface area contributed by atoms with Crippen LogP contribution in [0, 0.1) is 0 Å². The number of aromatic nitrogens is 2. The minimum absolute atomic E-state index is 0.289. The molecule has 1 saturated heterocycles. The monoisotopic (exact) mass is 466 g/mol. The van der Waals surface area contributed by atoms with Crippen LogP contribution >= 0.6 is 11.6 Å². The van der Waals surface area contributed by atoms with Crippen LogP contribution in [0.15, 0.2) is 53.5 Å². The number of amides is 2. The number of nitrogens with zero attached hydrogens (tertiary/aromatic N) is 3. The van der Waals surface area contributed by atoms with E-state index in [4.69, 9.17) is 31.8 Å². The van der Waals surface area contributed by atoms with E-state index in [2.05, 4.69) is 32.3 Å². The topological polar surface area (TPSA) is 118 Å². The fraction of sp³-hybridized carbons (Fsp3) is 0.261. The van der Waals surface area contributed by atoms with Gasteiger partial charge in [-0.3, -0.25) is 0 Å². The Kier molecular flexibility index (Phi) is 5.89. The molecule has 2 aliphatic rings. The largest absolute Gasteiger partial charge is 0.426 e. The van der Waals surface area contributed by atoms with E-state index in [1.807, 2.05) is 12.1 Å². The van der Waals surface area contributed by atoms with Crippen LogP contribution in [0.4, 0.5) is 22.0 Å². The van der Waals surface area contributed by atoms with Crippen molar-refractivity contribution >= 4 is 40.5 Å². The van der Waals surface area contributed by atoms with Crippen LogP contribution < -0.4 is 20.7 Å². The molecule has 0 spiro atoms. The Morgan fingerprint density at radius 1 is 1.21 bits per heavy atom. The Balaban J connectivity index is 1.34. The minimum Gasteiger partial charge on any atom is -0.426 e. The van der Waals surface area contributed by atoms with Crippen LogP contribution in [0.3, 0.4) is 0 Å². The number of fused-ring (bicyclic) bond motifs is 1. The number of benzene rings is 2. The molecule has 0 aliphatic carbocycles. The van der Waals surface area contributed by atoms with Gasteiger partial charge in [0.25, 0.3) is 0 Å². The van der Waals surface area contributed by atoms with E-state index in [-0.39, 0.29) is 5.38 Å². The van der Waals surface area contributed by atoms with E-state index < -0.39 is 6.03 Å². The molecule has 10 heteroatoms. The summed E-state index contributed by atoms with van der Waals surface area (Å²) in [5, 5.41) is 2.23. The Bertz CT molecular complexity index is 1190. The average molecular weight is 467 g/mol. The molecule has 2 amide bonds. The summed E-state index contributed by atoms with van der Waals surface area (Å²) < 4.78 is 11.3. The SMILES string of the molecule is NC(=O)Nc1cccc(Oc2nc3c([nH]2)CC(Cl)C(c2ccc(N4CCOCC4)cc2)=N3)c1. The lowest BCUT2D eigenvalue weighted by Gasteiger charge is -2.29. The van der Waals surface area contributed by atoms with E-state index >= 15 is 0 Å². The highest BCUT2D eigenvalue weighted by Crippen LogP contribution is 2.32. The highest BCUT2D eigenvalue weighted by atomic mass is 35.5. The van der Waals surface area contributed by atoms with Crippen LogP contribution in [0.1, 0.15) is 11.3 Å². The number of alkyl halides is 1. The summed E-state index contributed by atoms with van der Waals surface area (Å²) in [4.78, 5) is 25.7. The number of hydrogen-bond donors (Lipinski definition) is 3. The first-order valence-corrected chi connectivity index (χ1v) is 11.1. The first-order valence-electron chi connectivity index (χ1n) is 10.6. The maximum absolute atomic E-state index is 11.1. The zero-order chi connectivity index (χ0) is 22.8. The molecule has 1 atom stereocenters. The van der Waals surface area contributed by atoms with Crippen LogP contribution in [-0.4, -0.2) is 53.4 Å². The number of primary amides is 1. The lowest BCUT2D eigenvalue weighted by Crippen LogP contribution is -2.36. The molecule has 170 valence electrons. The fourth-order valence-corrected chi connectivity index (χ4v) is 4.25. The van der Waals surface area contributed by atoms with Gasteiger partial charge < -0.3 is 30.4 Å². The predicted octanol–water partition coefficient (Wildman–Crippen LogP) is 3.81. The number of imidazole rings is 1. The molecule has 1 aromatic heterocycles. The first-order chi connectivity index (χ1) is 16.0.